The van der Waals surface area contributed by atoms with Gasteiger partial charge in [0.05, 0.1) is 0 Å². The zero-order valence-electron chi connectivity index (χ0n) is 16.2. The van der Waals surface area contributed by atoms with Crippen LogP contribution in [0.5, 0.6) is 0 Å². The van der Waals surface area contributed by atoms with Crippen LogP contribution in [0.1, 0.15) is 51.9 Å². The molecule has 6 nitrogen and oxygen atoms in total. The molecule has 0 aromatic heterocycles. The van der Waals surface area contributed by atoms with Crippen molar-refractivity contribution in [2.24, 2.45) is 10.9 Å². The van der Waals surface area contributed by atoms with Crippen LogP contribution in [0.15, 0.2) is 4.99 Å². The van der Waals surface area contributed by atoms with Gasteiger partial charge in [-0.15, -0.1) is 24.0 Å². The average molecular weight is 468 g/mol. The summed E-state index contributed by atoms with van der Waals surface area (Å²) in [7, 11) is 3.52. The molecule has 0 spiro atoms. The van der Waals surface area contributed by atoms with Gasteiger partial charge >= 0.3 is 0 Å². The Labute approximate surface area is 170 Å². The van der Waals surface area contributed by atoms with Crippen LogP contribution in [0.3, 0.4) is 0 Å². The topological polar surface area (TPSA) is 66.0 Å². The molecular weight excluding hydrogens is 431 g/mol. The third kappa shape index (κ3) is 12.4. The molecule has 1 aliphatic rings. The zero-order valence-corrected chi connectivity index (χ0v) is 18.5. The van der Waals surface area contributed by atoms with E-state index in [9.17, 15) is 4.79 Å². The van der Waals surface area contributed by atoms with Crippen molar-refractivity contribution in [3.8, 4) is 0 Å². The second kappa shape index (κ2) is 15.7. The second-order valence-electron chi connectivity index (χ2n) is 6.67. The van der Waals surface area contributed by atoms with E-state index in [1.807, 2.05) is 6.92 Å². The maximum atomic E-state index is 11.7. The zero-order chi connectivity index (χ0) is 17.6. The fraction of sp³-hybridized carbons (Fsp3) is 0.889. The third-order valence-corrected chi connectivity index (χ3v) is 4.37. The molecule has 1 aliphatic carbocycles. The summed E-state index contributed by atoms with van der Waals surface area (Å²) in [6, 6.07) is 0. The van der Waals surface area contributed by atoms with E-state index in [-0.39, 0.29) is 36.4 Å². The Balaban J connectivity index is 0.00000576. The van der Waals surface area contributed by atoms with E-state index < -0.39 is 0 Å². The van der Waals surface area contributed by atoms with E-state index in [0.717, 1.165) is 51.0 Å². The monoisotopic (exact) mass is 468 g/mol. The number of ether oxygens (including phenoxy) is 1. The lowest BCUT2D eigenvalue weighted by molar-refractivity contribution is -0.127. The Morgan fingerprint density at radius 1 is 1.16 bits per heavy atom. The molecule has 0 aromatic carbocycles. The van der Waals surface area contributed by atoms with Gasteiger partial charge in [-0.25, -0.2) is 4.99 Å². The van der Waals surface area contributed by atoms with Crippen LogP contribution in [0.2, 0.25) is 0 Å². The first kappa shape index (κ1) is 24.4. The number of nitrogens with zero attached hydrogens (tertiary/aromatic N) is 2. The van der Waals surface area contributed by atoms with Crippen LogP contribution in [0.25, 0.3) is 0 Å². The molecule has 2 N–H and O–H groups in total. The molecule has 0 radical (unpaired) electrons. The summed E-state index contributed by atoms with van der Waals surface area (Å²) in [6.45, 7) is 5.57. The summed E-state index contributed by atoms with van der Waals surface area (Å²) in [5.41, 5.74) is 0. The van der Waals surface area contributed by atoms with Gasteiger partial charge in [0.2, 0.25) is 5.91 Å². The van der Waals surface area contributed by atoms with Gasteiger partial charge in [-0.1, -0.05) is 19.3 Å². The van der Waals surface area contributed by atoms with Gasteiger partial charge in [0.15, 0.2) is 5.96 Å². The number of halogens is 1. The molecule has 0 aromatic rings. The lowest BCUT2D eigenvalue weighted by atomic mass is 9.89. The largest absolute Gasteiger partial charge is 0.382 e. The molecule has 0 unspecified atom stereocenters. The molecular formula is C18H37IN4O2. The number of likely N-dealkylation sites (N-methyl/N-ethyl adjacent to an activating group) is 1. The van der Waals surface area contributed by atoms with Crippen LogP contribution in [0, 0.1) is 5.92 Å². The minimum Gasteiger partial charge on any atom is -0.382 e. The van der Waals surface area contributed by atoms with Gasteiger partial charge in [-0.05, 0) is 38.5 Å². The van der Waals surface area contributed by atoms with Crippen LogP contribution < -0.4 is 10.6 Å². The van der Waals surface area contributed by atoms with Crippen molar-refractivity contribution >= 4 is 35.8 Å². The maximum Gasteiger partial charge on any atom is 0.243 e. The summed E-state index contributed by atoms with van der Waals surface area (Å²) < 4.78 is 5.35. The molecule has 7 heteroatoms. The van der Waals surface area contributed by atoms with Crippen molar-refractivity contribution in [2.45, 2.75) is 51.9 Å². The van der Waals surface area contributed by atoms with Crippen LogP contribution in [-0.2, 0) is 9.53 Å². The van der Waals surface area contributed by atoms with Gasteiger partial charge in [0.1, 0.15) is 6.54 Å². The maximum absolute atomic E-state index is 11.7. The summed E-state index contributed by atoms with van der Waals surface area (Å²) in [4.78, 5) is 17.8. The van der Waals surface area contributed by atoms with E-state index in [1.165, 1.54) is 32.1 Å². The molecule has 1 rings (SSSR count). The molecule has 0 heterocycles. The van der Waals surface area contributed by atoms with E-state index in [2.05, 4.69) is 15.6 Å². The molecule has 0 saturated heterocycles. The fourth-order valence-electron chi connectivity index (χ4n) is 2.77. The quantitative estimate of drug-likeness (QED) is 0.224. The molecule has 1 amide bonds. The summed E-state index contributed by atoms with van der Waals surface area (Å²) in [5, 5.41) is 6.77. The highest BCUT2D eigenvalue weighted by atomic mass is 127. The van der Waals surface area contributed by atoms with Crippen LogP contribution >= 0.6 is 24.0 Å². The number of guanidine groups is 1. The smallest absolute Gasteiger partial charge is 0.243 e. The van der Waals surface area contributed by atoms with Crippen molar-refractivity contribution in [2.75, 3.05) is 46.9 Å². The normalized spacial score (nSPS) is 15.4. The third-order valence-electron chi connectivity index (χ3n) is 4.37. The first-order chi connectivity index (χ1) is 11.6. The van der Waals surface area contributed by atoms with Crippen LogP contribution in [-0.4, -0.2) is 63.7 Å². The number of hydrogen-bond acceptors (Lipinski definition) is 3. The lowest BCUT2D eigenvalue weighted by Crippen LogP contribution is -2.41. The van der Waals surface area contributed by atoms with E-state index in [1.54, 1.807) is 19.0 Å². The second-order valence-corrected chi connectivity index (χ2v) is 6.67. The molecule has 1 fully saturated rings. The highest BCUT2D eigenvalue weighted by Gasteiger charge is 2.14. The summed E-state index contributed by atoms with van der Waals surface area (Å²) >= 11 is 0. The van der Waals surface area contributed by atoms with Crippen LogP contribution in [0.4, 0.5) is 0 Å². The van der Waals surface area contributed by atoms with Gasteiger partial charge in [0.25, 0.3) is 0 Å². The highest BCUT2D eigenvalue weighted by molar-refractivity contribution is 14.0. The minimum atomic E-state index is 0. The summed E-state index contributed by atoms with van der Waals surface area (Å²) in [6.07, 6.45) is 8.70. The predicted octanol–water partition coefficient (Wildman–Crippen LogP) is 2.62. The first-order valence-corrected chi connectivity index (χ1v) is 9.43. The van der Waals surface area contributed by atoms with Crippen molar-refractivity contribution in [3.05, 3.63) is 0 Å². The molecule has 0 aliphatic heterocycles. The molecule has 1 saturated carbocycles. The van der Waals surface area contributed by atoms with Gasteiger partial charge < -0.3 is 20.3 Å². The Kier molecular flexibility index (Phi) is 15.3. The number of unbranched alkanes of at least 4 members (excludes halogenated alkanes) is 1. The van der Waals surface area contributed by atoms with Crippen molar-refractivity contribution in [1.29, 1.82) is 0 Å². The number of amides is 1. The number of nitrogens with one attached hydrogen (secondary N) is 2. The number of hydrogen-bond donors (Lipinski definition) is 2. The van der Waals surface area contributed by atoms with Crippen molar-refractivity contribution in [1.82, 2.24) is 15.5 Å². The molecule has 148 valence electrons. The average Bonchev–Trinajstić information content (AvgIpc) is 2.60. The SMILES string of the molecule is CCOCCCCNC(=NCC(=O)N(C)C)NCC1CCCCC1.I. The number of carbonyl (C=O) groups excluding carboxylic acids is 1. The Bertz CT molecular complexity index is 372. The van der Waals surface area contributed by atoms with Crippen molar-refractivity contribution < 1.29 is 9.53 Å². The number of aliphatic imine (C=N–C) groups is 1. The molecule has 0 bridgehead atoms. The minimum absolute atomic E-state index is 0. The van der Waals surface area contributed by atoms with E-state index in [4.69, 9.17) is 4.74 Å². The Morgan fingerprint density at radius 2 is 1.88 bits per heavy atom. The Morgan fingerprint density at radius 3 is 2.52 bits per heavy atom. The summed E-state index contributed by atoms with van der Waals surface area (Å²) in [5.74, 6) is 1.51. The fourth-order valence-corrected chi connectivity index (χ4v) is 2.77. The standard InChI is InChI=1S/C18H36N4O2.HI/c1-4-24-13-9-8-12-19-18(21-15-17(23)22(2)3)20-14-16-10-6-5-7-11-16;/h16H,4-15H2,1-3H3,(H2,19,20,21);1H. The van der Waals surface area contributed by atoms with Gasteiger partial charge in [-0.2, -0.15) is 0 Å². The van der Waals surface area contributed by atoms with Crippen molar-refractivity contribution in [3.63, 3.8) is 0 Å². The molecule has 25 heavy (non-hydrogen) atoms. The highest BCUT2D eigenvalue weighted by Crippen LogP contribution is 2.22. The lowest BCUT2D eigenvalue weighted by Gasteiger charge is -2.23. The van der Waals surface area contributed by atoms with E-state index >= 15 is 0 Å². The number of carbonyl (C=O) groups is 1. The Hall–Kier alpha value is -0.570. The first-order valence-electron chi connectivity index (χ1n) is 9.43. The van der Waals surface area contributed by atoms with E-state index in [0.29, 0.717) is 0 Å². The number of rotatable bonds is 10. The molecule has 0 atom stereocenters. The van der Waals surface area contributed by atoms with Gasteiger partial charge in [-0.3, -0.25) is 4.79 Å². The van der Waals surface area contributed by atoms with Gasteiger partial charge in [0, 0.05) is 40.4 Å². The predicted molar refractivity (Wildman–Crippen MR) is 115 cm³/mol.